The van der Waals surface area contributed by atoms with Crippen LogP contribution < -0.4 is 15.8 Å². The number of nitrogen functional groups attached to an aromatic ring is 1. The fourth-order valence-corrected chi connectivity index (χ4v) is 4.36. The minimum atomic E-state index is -0.213. The third-order valence-electron chi connectivity index (χ3n) is 4.30. The van der Waals surface area contributed by atoms with Gasteiger partial charge in [0.25, 0.3) is 5.91 Å². The molecular weight excluding hydrogens is 312 g/mol. The fraction of sp³-hybridized carbons (Fsp3) is 0.294. The number of nitrogens with two attached hydrogens (primary N) is 1. The van der Waals surface area contributed by atoms with Crippen LogP contribution in [-0.4, -0.2) is 18.3 Å². The van der Waals surface area contributed by atoms with Crippen LogP contribution in [0.4, 0.5) is 10.7 Å². The predicted molar refractivity (Wildman–Crippen MR) is 89.4 cm³/mol. The second-order valence-electron chi connectivity index (χ2n) is 5.83. The highest BCUT2D eigenvalue weighted by Gasteiger charge is 2.26. The van der Waals surface area contributed by atoms with Crippen LogP contribution in [-0.2, 0) is 17.6 Å². The lowest BCUT2D eigenvalue weighted by atomic mass is 9.92. The molecule has 3 N–H and O–H groups in total. The maximum Gasteiger partial charge on any atom is 0.262 e. The zero-order valence-corrected chi connectivity index (χ0v) is 13.3. The molecule has 0 atom stereocenters. The molecule has 1 aliphatic carbocycles. The molecule has 23 heavy (non-hydrogen) atoms. The highest BCUT2D eigenvalue weighted by molar-refractivity contribution is 7.16. The van der Waals surface area contributed by atoms with Crippen molar-refractivity contribution in [3.63, 3.8) is 0 Å². The minimum absolute atomic E-state index is 0.00524. The van der Waals surface area contributed by atoms with Crippen LogP contribution in [0.25, 0.3) is 0 Å². The molecular formula is C17H16N2O3S. The van der Waals surface area contributed by atoms with Gasteiger partial charge in [-0.05, 0) is 49.4 Å². The zero-order valence-electron chi connectivity index (χ0n) is 12.5. The van der Waals surface area contributed by atoms with Crippen LogP contribution in [0.1, 0.15) is 39.2 Å². The summed E-state index contributed by atoms with van der Waals surface area (Å²) < 4.78 is 5.33. The molecule has 6 heteroatoms. The number of hydrogen-bond acceptors (Lipinski definition) is 5. The molecule has 0 saturated heterocycles. The van der Waals surface area contributed by atoms with Gasteiger partial charge in [0.1, 0.15) is 5.75 Å². The van der Waals surface area contributed by atoms with Gasteiger partial charge in [0, 0.05) is 10.4 Å². The molecule has 1 aromatic carbocycles. The Balaban J connectivity index is 1.74. The Bertz CT molecular complexity index is 825. The first-order chi connectivity index (χ1) is 11.1. The van der Waals surface area contributed by atoms with E-state index in [0.717, 1.165) is 31.2 Å². The van der Waals surface area contributed by atoms with Gasteiger partial charge in [0.05, 0.1) is 16.3 Å². The first kappa shape index (κ1) is 14.3. The van der Waals surface area contributed by atoms with E-state index in [-0.39, 0.29) is 18.3 Å². The molecule has 0 bridgehead atoms. The number of aryl methyl sites for hydroxylation is 1. The number of thiophene rings is 1. The summed E-state index contributed by atoms with van der Waals surface area (Å²) in [5, 5.41) is 3.33. The smallest absolute Gasteiger partial charge is 0.262 e. The molecule has 4 rings (SSSR count). The molecule has 0 radical (unpaired) electrons. The number of carbonyl (C=O) groups is 2. The van der Waals surface area contributed by atoms with E-state index in [1.54, 1.807) is 18.2 Å². The topological polar surface area (TPSA) is 81.4 Å². The number of ketones is 1. The summed E-state index contributed by atoms with van der Waals surface area (Å²) in [6.07, 6.45) is 4.17. The quantitative estimate of drug-likeness (QED) is 0.831. The van der Waals surface area contributed by atoms with Gasteiger partial charge >= 0.3 is 0 Å². The van der Waals surface area contributed by atoms with Gasteiger partial charge in [-0.3, -0.25) is 9.59 Å². The molecule has 1 aliphatic heterocycles. The number of carbonyl (C=O) groups excluding carboxylic acids is 2. The predicted octanol–water partition coefficient (Wildman–Crippen LogP) is 2.77. The van der Waals surface area contributed by atoms with Crippen molar-refractivity contribution < 1.29 is 14.3 Å². The number of fused-ring (bicyclic) bond motifs is 2. The summed E-state index contributed by atoms with van der Waals surface area (Å²) in [6.45, 7) is 0.00524. The van der Waals surface area contributed by atoms with E-state index in [9.17, 15) is 9.59 Å². The summed E-state index contributed by atoms with van der Waals surface area (Å²) >= 11 is 1.53. The van der Waals surface area contributed by atoms with Crippen LogP contribution >= 0.6 is 11.3 Å². The van der Waals surface area contributed by atoms with Gasteiger partial charge in [-0.1, -0.05) is 0 Å². The molecule has 0 fully saturated rings. The SMILES string of the molecule is Nc1sc2c(c1C(=O)c1ccc3c(c1)NC(=O)CO3)CCCC2. The molecule has 1 aromatic heterocycles. The minimum Gasteiger partial charge on any atom is -0.482 e. The van der Waals surface area contributed by atoms with Gasteiger partial charge < -0.3 is 15.8 Å². The Labute approximate surface area is 137 Å². The second-order valence-corrected chi connectivity index (χ2v) is 6.96. The van der Waals surface area contributed by atoms with E-state index >= 15 is 0 Å². The summed E-state index contributed by atoms with van der Waals surface area (Å²) in [5.41, 5.74) is 8.94. The van der Waals surface area contributed by atoms with Gasteiger partial charge in [-0.25, -0.2) is 0 Å². The molecule has 0 unspecified atom stereocenters. The van der Waals surface area contributed by atoms with Crippen molar-refractivity contribution in [2.24, 2.45) is 0 Å². The summed E-state index contributed by atoms with van der Waals surface area (Å²) in [5.74, 6) is 0.292. The van der Waals surface area contributed by atoms with E-state index in [0.29, 0.717) is 27.6 Å². The van der Waals surface area contributed by atoms with Crippen molar-refractivity contribution in [3.8, 4) is 5.75 Å². The highest BCUT2D eigenvalue weighted by Crippen LogP contribution is 2.38. The van der Waals surface area contributed by atoms with E-state index in [1.165, 1.54) is 16.2 Å². The van der Waals surface area contributed by atoms with E-state index in [1.807, 2.05) is 0 Å². The number of ether oxygens (including phenoxy) is 1. The Kier molecular flexibility index (Phi) is 3.34. The van der Waals surface area contributed by atoms with Crippen LogP contribution in [0.5, 0.6) is 5.75 Å². The third-order valence-corrected chi connectivity index (χ3v) is 5.42. The molecule has 0 saturated carbocycles. The van der Waals surface area contributed by atoms with Crippen LogP contribution in [0, 0.1) is 0 Å². The van der Waals surface area contributed by atoms with Gasteiger partial charge in [-0.15, -0.1) is 11.3 Å². The van der Waals surface area contributed by atoms with Gasteiger partial charge in [0.15, 0.2) is 12.4 Å². The van der Waals surface area contributed by atoms with Crippen LogP contribution in [0.3, 0.4) is 0 Å². The van der Waals surface area contributed by atoms with Crippen molar-refractivity contribution in [2.75, 3.05) is 17.7 Å². The Morgan fingerprint density at radius 2 is 2.09 bits per heavy atom. The summed E-state index contributed by atoms with van der Waals surface area (Å²) in [7, 11) is 0. The molecule has 0 spiro atoms. The Morgan fingerprint density at radius 1 is 1.26 bits per heavy atom. The van der Waals surface area contributed by atoms with Crippen molar-refractivity contribution in [3.05, 3.63) is 39.8 Å². The molecule has 1 amide bonds. The maximum atomic E-state index is 12.9. The summed E-state index contributed by atoms with van der Waals surface area (Å²) in [6, 6.07) is 5.11. The second kappa shape index (κ2) is 5.38. The number of rotatable bonds is 2. The molecule has 2 aromatic rings. The molecule has 5 nitrogen and oxygen atoms in total. The monoisotopic (exact) mass is 328 g/mol. The maximum absolute atomic E-state index is 12.9. The Morgan fingerprint density at radius 3 is 2.96 bits per heavy atom. The lowest BCUT2D eigenvalue weighted by Crippen LogP contribution is -2.25. The lowest BCUT2D eigenvalue weighted by Gasteiger charge is -2.18. The van der Waals surface area contributed by atoms with E-state index in [4.69, 9.17) is 10.5 Å². The first-order valence-corrected chi connectivity index (χ1v) is 8.46. The van der Waals surface area contributed by atoms with Crippen molar-refractivity contribution in [1.29, 1.82) is 0 Å². The average molecular weight is 328 g/mol. The van der Waals surface area contributed by atoms with Crippen molar-refractivity contribution >= 4 is 33.7 Å². The first-order valence-electron chi connectivity index (χ1n) is 7.65. The highest BCUT2D eigenvalue weighted by atomic mass is 32.1. The van der Waals surface area contributed by atoms with E-state index in [2.05, 4.69) is 5.32 Å². The lowest BCUT2D eigenvalue weighted by molar-refractivity contribution is -0.118. The number of anilines is 2. The standard InChI is InChI=1S/C17H16N2O3S/c18-17-15(10-3-1-2-4-13(10)23-17)16(21)9-5-6-12-11(7-9)19-14(20)8-22-12/h5-7H,1-4,8,18H2,(H,19,20). The van der Waals surface area contributed by atoms with Crippen LogP contribution in [0.2, 0.25) is 0 Å². The zero-order chi connectivity index (χ0) is 16.0. The number of amides is 1. The Hall–Kier alpha value is -2.34. The largest absolute Gasteiger partial charge is 0.482 e. The van der Waals surface area contributed by atoms with Gasteiger partial charge in [-0.2, -0.15) is 0 Å². The van der Waals surface area contributed by atoms with Crippen molar-refractivity contribution in [1.82, 2.24) is 0 Å². The van der Waals surface area contributed by atoms with E-state index < -0.39 is 0 Å². The number of benzene rings is 1. The third kappa shape index (κ3) is 2.39. The van der Waals surface area contributed by atoms with Gasteiger partial charge in [0.2, 0.25) is 0 Å². The number of hydrogen-bond donors (Lipinski definition) is 2. The van der Waals surface area contributed by atoms with Crippen LogP contribution in [0.15, 0.2) is 18.2 Å². The van der Waals surface area contributed by atoms with Crippen molar-refractivity contribution in [2.45, 2.75) is 25.7 Å². The fourth-order valence-electron chi connectivity index (χ4n) is 3.20. The average Bonchev–Trinajstić information content (AvgIpc) is 2.89. The summed E-state index contributed by atoms with van der Waals surface area (Å²) in [4.78, 5) is 25.6. The normalized spacial score (nSPS) is 16.1. The molecule has 2 aliphatic rings. The molecule has 2 heterocycles. The molecule has 118 valence electrons. The number of nitrogens with one attached hydrogen (secondary N) is 1.